The summed E-state index contributed by atoms with van der Waals surface area (Å²) >= 11 is 12.0. The van der Waals surface area contributed by atoms with E-state index in [4.69, 9.17) is 23.2 Å². The molecule has 0 saturated heterocycles. The van der Waals surface area contributed by atoms with Gasteiger partial charge in [-0.3, -0.25) is 0 Å². The number of aromatic amines is 1. The largest absolute Gasteiger partial charge is 0.356 e. The molecule has 0 amide bonds. The van der Waals surface area contributed by atoms with Gasteiger partial charge >= 0.3 is 0 Å². The van der Waals surface area contributed by atoms with Crippen LogP contribution in [0.2, 0.25) is 10.0 Å². The monoisotopic (exact) mass is 326 g/mol. The number of hydrogen-bond donors (Lipinski definition) is 2. The van der Waals surface area contributed by atoms with E-state index in [1.54, 1.807) is 0 Å². The molecule has 22 heavy (non-hydrogen) atoms. The van der Waals surface area contributed by atoms with Crippen molar-refractivity contribution >= 4 is 56.4 Å². The molecule has 4 heteroatoms. The summed E-state index contributed by atoms with van der Waals surface area (Å²) in [5, 5.41) is 7.13. The number of benzene rings is 3. The zero-order chi connectivity index (χ0) is 15.1. The first-order chi connectivity index (χ1) is 10.7. The Bertz CT molecular complexity index is 972. The average molecular weight is 327 g/mol. The molecule has 0 bridgehead atoms. The number of rotatable bonds is 2. The van der Waals surface area contributed by atoms with Crippen molar-refractivity contribution in [1.82, 2.24) is 4.98 Å². The van der Waals surface area contributed by atoms with Crippen LogP contribution in [-0.4, -0.2) is 4.98 Å². The SMILES string of the molecule is Clc1ccc(Nc2ccc3[nH]c4ccc(Cl)cc4c3c2)cc1. The van der Waals surface area contributed by atoms with Gasteiger partial charge in [-0.25, -0.2) is 0 Å². The second-order valence-electron chi connectivity index (χ2n) is 5.21. The molecule has 0 aliphatic carbocycles. The molecule has 3 aromatic carbocycles. The quantitative estimate of drug-likeness (QED) is 0.440. The number of H-pyrrole nitrogens is 1. The predicted octanol–water partition coefficient (Wildman–Crippen LogP) is 6.37. The van der Waals surface area contributed by atoms with Crippen LogP contribution in [0.4, 0.5) is 11.4 Å². The van der Waals surface area contributed by atoms with E-state index in [-0.39, 0.29) is 0 Å². The zero-order valence-electron chi connectivity index (χ0n) is 11.5. The molecule has 4 rings (SSSR count). The summed E-state index contributed by atoms with van der Waals surface area (Å²) in [4.78, 5) is 3.40. The van der Waals surface area contributed by atoms with Crippen LogP contribution in [0.3, 0.4) is 0 Å². The van der Waals surface area contributed by atoms with E-state index in [0.717, 1.165) is 43.2 Å². The van der Waals surface area contributed by atoms with Crippen molar-refractivity contribution in [3.63, 3.8) is 0 Å². The topological polar surface area (TPSA) is 27.8 Å². The summed E-state index contributed by atoms with van der Waals surface area (Å²) in [7, 11) is 0. The van der Waals surface area contributed by atoms with Crippen molar-refractivity contribution in [2.75, 3.05) is 5.32 Å². The van der Waals surface area contributed by atoms with Crippen LogP contribution in [0, 0.1) is 0 Å². The molecule has 4 aromatic rings. The third-order valence-electron chi connectivity index (χ3n) is 3.69. The van der Waals surface area contributed by atoms with Gasteiger partial charge in [0.1, 0.15) is 0 Å². The summed E-state index contributed by atoms with van der Waals surface area (Å²) < 4.78 is 0. The lowest BCUT2D eigenvalue weighted by Gasteiger charge is -2.06. The molecule has 2 nitrogen and oxygen atoms in total. The van der Waals surface area contributed by atoms with Crippen LogP contribution in [0.15, 0.2) is 60.7 Å². The fourth-order valence-electron chi connectivity index (χ4n) is 2.65. The molecule has 1 aromatic heterocycles. The van der Waals surface area contributed by atoms with Gasteiger partial charge in [-0.15, -0.1) is 0 Å². The highest BCUT2D eigenvalue weighted by atomic mass is 35.5. The highest BCUT2D eigenvalue weighted by Crippen LogP contribution is 2.30. The van der Waals surface area contributed by atoms with E-state index in [0.29, 0.717) is 0 Å². The molecule has 0 radical (unpaired) electrons. The maximum absolute atomic E-state index is 6.12. The first-order valence-corrected chi connectivity index (χ1v) is 7.68. The number of nitrogens with one attached hydrogen (secondary N) is 2. The minimum atomic E-state index is 0.729. The van der Waals surface area contributed by atoms with E-state index in [1.165, 1.54) is 0 Å². The van der Waals surface area contributed by atoms with E-state index in [9.17, 15) is 0 Å². The van der Waals surface area contributed by atoms with Gasteiger partial charge in [0.15, 0.2) is 0 Å². The first-order valence-electron chi connectivity index (χ1n) is 6.93. The molecule has 0 unspecified atom stereocenters. The normalized spacial score (nSPS) is 11.2. The predicted molar refractivity (Wildman–Crippen MR) is 95.5 cm³/mol. The number of halogens is 2. The number of aromatic nitrogens is 1. The van der Waals surface area contributed by atoms with Gasteiger partial charge in [0.25, 0.3) is 0 Å². The fourth-order valence-corrected chi connectivity index (χ4v) is 2.95. The number of fused-ring (bicyclic) bond motifs is 3. The van der Waals surface area contributed by atoms with Gasteiger partial charge in [0.05, 0.1) is 0 Å². The minimum Gasteiger partial charge on any atom is -0.356 e. The number of hydrogen-bond acceptors (Lipinski definition) is 1. The minimum absolute atomic E-state index is 0.729. The van der Waals surface area contributed by atoms with Gasteiger partial charge in [0, 0.05) is 43.2 Å². The maximum atomic E-state index is 6.12. The molecule has 0 atom stereocenters. The first kappa shape index (κ1) is 13.5. The summed E-state index contributed by atoms with van der Waals surface area (Å²) in [6, 6.07) is 19.8. The maximum Gasteiger partial charge on any atom is 0.0466 e. The second-order valence-corrected chi connectivity index (χ2v) is 6.08. The van der Waals surface area contributed by atoms with Crippen LogP contribution >= 0.6 is 23.2 Å². The Morgan fingerprint density at radius 1 is 0.636 bits per heavy atom. The lowest BCUT2D eigenvalue weighted by atomic mass is 10.1. The Balaban J connectivity index is 1.80. The van der Waals surface area contributed by atoms with Crippen LogP contribution < -0.4 is 5.32 Å². The third-order valence-corrected chi connectivity index (χ3v) is 4.18. The van der Waals surface area contributed by atoms with Gasteiger partial charge in [-0.05, 0) is 60.7 Å². The number of anilines is 2. The van der Waals surface area contributed by atoms with Gasteiger partial charge in [-0.1, -0.05) is 23.2 Å². The lowest BCUT2D eigenvalue weighted by molar-refractivity contribution is 1.53. The molecule has 108 valence electrons. The van der Waals surface area contributed by atoms with Crippen molar-refractivity contribution in [3.05, 3.63) is 70.7 Å². The Morgan fingerprint density at radius 3 is 2.00 bits per heavy atom. The molecule has 0 saturated carbocycles. The van der Waals surface area contributed by atoms with Gasteiger partial charge in [0.2, 0.25) is 0 Å². The molecular formula is C18H12Cl2N2. The van der Waals surface area contributed by atoms with Crippen LogP contribution in [0.25, 0.3) is 21.8 Å². The van der Waals surface area contributed by atoms with E-state index >= 15 is 0 Å². The van der Waals surface area contributed by atoms with Crippen molar-refractivity contribution in [1.29, 1.82) is 0 Å². The zero-order valence-corrected chi connectivity index (χ0v) is 13.0. The Labute approximate surface area is 137 Å². The highest BCUT2D eigenvalue weighted by Gasteiger charge is 2.06. The van der Waals surface area contributed by atoms with E-state index in [1.807, 2.05) is 48.5 Å². The van der Waals surface area contributed by atoms with Gasteiger partial charge in [-0.2, -0.15) is 0 Å². The second kappa shape index (κ2) is 5.24. The molecule has 0 aliphatic rings. The Kier molecular flexibility index (Phi) is 3.21. The summed E-state index contributed by atoms with van der Waals surface area (Å²) in [5.74, 6) is 0. The van der Waals surface area contributed by atoms with Gasteiger partial charge < -0.3 is 10.3 Å². The van der Waals surface area contributed by atoms with Crippen molar-refractivity contribution in [3.8, 4) is 0 Å². The van der Waals surface area contributed by atoms with Crippen LogP contribution in [0.5, 0.6) is 0 Å². The summed E-state index contributed by atoms with van der Waals surface area (Å²) in [6.07, 6.45) is 0. The Hall–Kier alpha value is -2.16. The van der Waals surface area contributed by atoms with Crippen LogP contribution in [0.1, 0.15) is 0 Å². The lowest BCUT2D eigenvalue weighted by Crippen LogP contribution is -1.89. The molecule has 0 spiro atoms. The van der Waals surface area contributed by atoms with E-state index < -0.39 is 0 Å². The average Bonchev–Trinajstić information content (AvgIpc) is 2.87. The van der Waals surface area contributed by atoms with Crippen molar-refractivity contribution in [2.24, 2.45) is 0 Å². The molecular weight excluding hydrogens is 315 g/mol. The third kappa shape index (κ3) is 2.41. The standard InChI is InChI=1S/C18H12Cl2N2/c19-11-1-4-13(5-2-11)21-14-6-8-18-16(10-14)15-9-12(20)3-7-17(15)22-18/h1-10,21-22H. The summed E-state index contributed by atoms with van der Waals surface area (Å²) in [5.41, 5.74) is 4.21. The highest BCUT2D eigenvalue weighted by molar-refractivity contribution is 6.32. The molecule has 1 heterocycles. The molecule has 2 N–H and O–H groups in total. The molecule has 0 fully saturated rings. The Morgan fingerprint density at radius 2 is 1.23 bits per heavy atom. The van der Waals surface area contributed by atoms with E-state index in [2.05, 4.69) is 22.4 Å². The van der Waals surface area contributed by atoms with Crippen molar-refractivity contribution < 1.29 is 0 Å². The fraction of sp³-hybridized carbons (Fsp3) is 0. The van der Waals surface area contributed by atoms with Crippen molar-refractivity contribution in [2.45, 2.75) is 0 Å². The summed E-state index contributed by atoms with van der Waals surface area (Å²) in [6.45, 7) is 0. The molecule has 0 aliphatic heterocycles. The van der Waals surface area contributed by atoms with Crippen LogP contribution in [-0.2, 0) is 0 Å². The smallest absolute Gasteiger partial charge is 0.0466 e.